The number of anilines is 1. The summed E-state index contributed by atoms with van der Waals surface area (Å²) in [7, 11) is 0. The fourth-order valence-electron chi connectivity index (χ4n) is 2.42. The van der Waals surface area contributed by atoms with Gasteiger partial charge in [0.1, 0.15) is 5.82 Å². The van der Waals surface area contributed by atoms with Crippen LogP contribution < -0.4 is 5.73 Å². The third-order valence-corrected chi connectivity index (χ3v) is 3.53. The third-order valence-electron chi connectivity index (χ3n) is 3.53. The van der Waals surface area contributed by atoms with Gasteiger partial charge in [0.15, 0.2) is 5.69 Å². The minimum atomic E-state index is -4.71. The van der Waals surface area contributed by atoms with E-state index in [0.717, 1.165) is 6.07 Å². The van der Waals surface area contributed by atoms with Gasteiger partial charge in [-0.25, -0.2) is 9.37 Å². The second-order valence-electron chi connectivity index (χ2n) is 5.19. The van der Waals surface area contributed by atoms with Crippen LogP contribution >= 0.6 is 0 Å². The lowest BCUT2D eigenvalue weighted by molar-refractivity contribution is -0.140. The van der Waals surface area contributed by atoms with Crippen molar-refractivity contribution in [3.63, 3.8) is 0 Å². The molecule has 3 rings (SSSR count). The number of halogens is 4. The van der Waals surface area contributed by atoms with E-state index in [2.05, 4.69) is 4.98 Å². The minimum Gasteiger partial charge on any atom is -0.396 e. The molecule has 0 aliphatic heterocycles. The number of nitrogen functional groups attached to an aromatic ring is 1. The summed E-state index contributed by atoms with van der Waals surface area (Å²) in [4.78, 5) is 3.68. The zero-order valence-corrected chi connectivity index (χ0v) is 12.3. The van der Waals surface area contributed by atoms with Gasteiger partial charge in [-0.2, -0.15) is 13.2 Å². The zero-order chi connectivity index (χ0) is 17.3. The molecule has 0 atom stereocenters. The summed E-state index contributed by atoms with van der Waals surface area (Å²) < 4.78 is 53.4. The Balaban J connectivity index is 2.28. The first kappa shape index (κ1) is 16.0. The van der Waals surface area contributed by atoms with Crippen LogP contribution in [0.2, 0.25) is 0 Å². The highest BCUT2D eigenvalue weighted by Gasteiger charge is 2.36. The van der Waals surface area contributed by atoms with Gasteiger partial charge in [0.25, 0.3) is 0 Å². The lowest BCUT2D eigenvalue weighted by atomic mass is 10.00. The normalized spacial score (nSPS) is 11.5. The van der Waals surface area contributed by atoms with Gasteiger partial charge < -0.3 is 5.73 Å². The molecular formula is C18H12F4N2. The second kappa shape index (κ2) is 5.96. The molecule has 1 aromatic heterocycles. The van der Waals surface area contributed by atoms with Crippen molar-refractivity contribution in [1.82, 2.24) is 4.98 Å². The van der Waals surface area contributed by atoms with E-state index in [1.165, 1.54) is 24.3 Å². The molecule has 24 heavy (non-hydrogen) atoms. The Labute approximate surface area is 135 Å². The smallest absolute Gasteiger partial charge is 0.396 e. The summed E-state index contributed by atoms with van der Waals surface area (Å²) >= 11 is 0. The first-order chi connectivity index (χ1) is 11.4. The fraction of sp³-hybridized carbons (Fsp3) is 0.0556. The van der Waals surface area contributed by atoms with Crippen molar-refractivity contribution in [2.24, 2.45) is 0 Å². The number of nitrogens with zero attached hydrogens (tertiary/aromatic N) is 1. The van der Waals surface area contributed by atoms with Crippen molar-refractivity contribution in [2.75, 3.05) is 5.73 Å². The van der Waals surface area contributed by atoms with E-state index in [1.807, 2.05) is 0 Å². The highest BCUT2D eigenvalue weighted by Crippen LogP contribution is 2.39. The second-order valence-corrected chi connectivity index (χ2v) is 5.19. The molecule has 0 amide bonds. The summed E-state index contributed by atoms with van der Waals surface area (Å²) in [6.45, 7) is 0. The number of hydrogen-bond donors (Lipinski definition) is 1. The molecule has 122 valence electrons. The van der Waals surface area contributed by atoms with E-state index in [9.17, 15) is 17.6 Å². The topological polar surface area (TPSA) is 38.9 Å². The summed E-state index contributed by atoms with van der Waals surface area (Å²) in [6, 6.07) is 15.1. The van der Waals surface area contributed by atoms with Crippen molar-refractivity contribution >= 4 is 5.69 Å². The van der Waals surface area contributed by atoms with Crippen LogP contribution in [0.3, 0.4) is 0 Å². The molecule has 0 fully saturated rings. The van der Waals surface area contributed by atoms with E-state index in [-0.39, 0.29) is 16.8 Å². The van der Waals surface area contributed by atoms with Crippen molar-refractivity contribution < 1.29 is 17.6 Å². The maximum Gasteiger partial charge on any atom is 0.435 e. The van der Waals surface area contributed by atoms with Crippen molar-refractivity contribution in [2.45, 2.75) is 6.18 Å². The standard InChI is InChI=1S/C18H12F4N2/c19-13-8-4-7-12(9-13)14-10-15(11-5-2-1-3-6-11)24-17(16(14)23)18(20,21)22/h1-10H,23H2. The van der Waals surface area contributed by atoms with Crippen LogP contribution in [-0.2, 0) is 6.18 Å². The zero-order valence-electron chi connectivity index (χ0n) is 12.3. The minimum absolute atomic E-state index is 0.0932. The molecule has 0 aliphatic carbocycles. The van der Waals surface area contributed by atoms with Gasteiger partial charge in [-0.3, -0.25) is 0 Å². The molecule has 2 N–H and O–H groups in total. The number of pyridine rings is 1. The average molecular weight is 332 g/mol. The SMILES string of the molecule is Nc1c(-c2cccc(F)c2)cc(-c2ccccc2)nc1C(F)(F)F. The lowest BCUT2D eigenvalue weighted by Crippen LogP contribution is -2.13. The predicted molar refractivity (Wildman–Crippen MR) is 84.5 cm³/mol. The number of alkyl halides is 3. The van der Waals surface area contributed by atoms with Crippen LogP contribution in [0, 0.1) is 5.82 Å². The number of rotatable bonds is 2. The number of hydrogen-bond acceptors (Lipinski definition) is 2. The molecule has 6 heteroatoms. The largest absolute Gasteiger partial charge is 0.435 e. The van der Waals surface area contributed by atoms with Crippen LogP contribution in [-0.4, -0.2) is 4.98 Å². The van der Waals surface area contributed by atoms with E-state index in [0.29, 0.717) is 5.56 Å². The van der Waals surface area contributed by atoms with E-state index in [4.69, 9.17) is 5.73 Å². The fourth-order valence-corrected chi connectivity index (χ4v) is 2.42. The summed E-state index contributed by atoms with van der Waals surface area (Å²) in [5.41, 5.74) is 4.99. The molecule has 0 bridgehead atoms. The maximum absolute atomic E-state index is 13.5. The van der Waals surface area contributed by atoms with Gasteiger partial charge in [0.05, 0.1) is 11.4 Å². The molecule has 0 saturated carbocycles. The molecule has 0 aliphatic rings. The van der Waals surface area contributed by atoms with Crippen molar-refractivity contribution in [3.8, 4) is 22.4 Å². The average Bonchev–Trinajstić information content (AvgIpc) is 2.55. The van der Waals surface area contributed by atoms with Crippen LogP contribution in [0.1, 0.15) is 5.69 Å². The van der Waals surface area contributed by atoms with Crippen molar-refractivity contribution in [1.29, 1.82) is 0 Å². The first-order valence-electron chi connectivity index (χ1n) is 7.05. The quantitative estimate of drug-likeness (QED) is 0.659. The predicted octanol–water partition coefficient (Wildman–Crippen LogP) is 5.16. The molecular weight excluding hydrogens is 320 g/mol. The van der Waals surface area contributed by atoms with Gasteiger partial charge in [0, 0.05) is 11.1 Å². The molecule has 0 unspecified atom stereocenters. The van der Waals surface area contributed by atoms with Gasteiger partial charge in [0.2, 0.25) is 0 Å². The highest BCUT2D eigenvalue weighted by molar-refractivity contribution is 5.82. The maximum atomic E-state index is 13.5. The molecule has 2 aromatic carbocycles. The Morgan fingerprint density at radius 3 is 2.12 bits per heavy atom. The number of aromatic nitrogens is 1. The number of benzene rings is 2. The van der Waals surface area contributed by atoms with E-state index < -0.39 is 23.4 Å². The number of nitrogens with two attached hydrogens (primary N) is 1. The molecule has 3 aromatic rings. The van der Waals surface area contributed by atoms with Crippen LogP contribution in [0.15, 0.2) is 60.7 Å². The Morgan fingerprint density at radius 2 is 1.50 bits per heavy atom. The van der Waals surface area contributed by atoms with Gasteiger partial charge in [-0.1, -0.05) is 42.5 Å². The van der Waals surface area contributed by atoms with Gasteiger partial charge in [-0.05, 0) is 23.8 Å². The Kier molecular flexibility index (Phi) is 3.97. The molecule has 0 saturated heterocycles. The molecule has 0 radical (unpaired) electrons. The highest BCUT2D eigenvalue weighted by atomic mass is 19.4. The van der Waals surface area contributed by atoms with E-state index in [1.54, 1.807) is 30.3 Å². The summed E-state index contributed by atoms with van der Waals surface area (Å²) in [5, 5.41) is 0. The Morgan fingerprint density at radius 1 is 0.833 bits per heavy atom. The summed E-state index contributed by atoms with van der Waals surface area (Å²) in [6.07, 6.45) is -4.71. The lowest BCUT2D eigenvalue weighted by Gasteiger charge is -2.15. The van der Waals surface area contributed by atoms with Crippen LogP contribution in [0.4, 0.5) is 23.2 Å². The molecule has 0 spiro atoms. The molecule has 2 nitrogen and oxygen atoms in total. The Hall–Kier alpha value is -2.89. The van der Waals surface area contributed by atoms with Gasteiger partial charge in [-0.15, -0.1) is 0 Å². The monoisotopic (exact) mass is 332 g/mol. The van der Waals surface area contributed by atoms with Crippen LogP contribution in [0.5, 0.6) is 0 Å². The summed E-state index contributed by atoms with van der Waals surface area (Å²) in [5.74, 6) is -0.557. The van der Waals surface area contributed by atoms with E-state index >= 15 is 0 Å². The third kappa shape index (κ3) is 3.08. The van der Waals surface area contributed by atoms with Crippen LogP contribution in [0.25, 0.3) is 22.4 Å². The first-order valence-corrected chi connectivity index (χ1v) is 7.05. The Bertz CT molecular complexity index is 874. The van der Waals surface area contributed by atoms with Gasteiger partial charge >= 0.3 is 6.18 Å². The van der Waals surface area contributed by atoms with Crippen molar-refractivity contribution in [3.05, 3.63) is 72.2 Å². The molecule has 1 heterocycles.